The second-order valence-electron chi connectivity index (χ2n) is 4.70. The van der Waals surface area contributed by atoms with Gasteiger partial charge in [0.15, 0.2) is 0 Å². The number of hydrogen-bond donors (Lipinski definition) is 1. The lowest BCUT2D eigenvalue weighted by Crippen LogP contribution is -2.18. The van der Waals surface area contributed by atoms with Crippen LogP contribution in [0.25, 0.3) is 0 Å². The first kappa shape index (κ1) is 15.0. The summed E-state index contributed by atoms with van der Waals surface area (Å²) in [5.41, 5.74) is 1.27. The number of hydrogen-bond acceptors (Lipinski definition) is 3. The highest BCUT2D eigenvalue weighted by Crippen LogP contribution is 2.30. The number of nitrogens with zero attached hydrogens (tertiary/aromatic N) is 1. The summed E-state index contributed by atoms with van der Waals surface area (Å²) in [4.78, 5) is 0. The lowest BCUT2D eigenvalue weighted by Gasteiger charge is -2.17. The summed E-state index contributed by atoms with van der Waals surface area (Å²) in [6.45, 7) is 4.73. The first-order valence-corrected chi connectivity index (χ1v) is 6.85. The van der Waals surface area contributed by atoms with Crippen LogP contribution in [0.2, 0.25) is 0 Å². The van der Waals surface area contributed by atoms with Crippen LogP contribution in [0.3, 0.4) is 0 Å². The minimum absolute atomic E-state index is 0.0279. The second kappa shape index (κ2) is 6.87. The highest BCUT2D eigenvalue weighted by molar-refractivity contribution is 5.42. The Bertz CT molecular complexity index is 664. The zero-order chi connectivity index (χ0) is 15.2. The van der Waals surface area contributed by atoms with Crippen LogP contribution in [-0.2, 0) is 0 Å². The lowest BCUT2D eigenvalue weighted by molar-refractivity contribution is 0.459. The molecule has 2 aromatic carbocycles. The summed E-state index contributed by atoms with van der Waals surface area (Å²) >= 11 is 0. The van der Waals surface area contributed by atoms with Gasteiger partial charge >= 0.3 is 0 Å². The van der Waals surface area contributed by atoms with Gasteiger partial charge in [-0.15, -0.1) is 0 Å². The van der Waals surface area contributed by atoms with Crippen molar-refractivity contribution in [2.24, 2.45) is 0 Å². The number of nitriles is 1. The van der Waals surface area contributed by atoms with E-state index in [1.54, 1.807) is 30.3 Å². The minimum Gasteiger partial charge on any atom is -0.457 e. The van der Waals surface area contributed by atoms with Gasteiger partial charge in [0.2, 0.25) is 0 Å². The second-order valence-corrected chi connectivity index (χ2v) is 4.70. The standard InChI is InChI=1S/C17H17FN2O/c1-3-20-12(2)16-10-14(18)7-8-17(16)21-15-6-4-5-13(9-15)11-19/h4-10,12,20H,3H2,1-2H3. The number of benzene rings is 2. The molecule has 21 heavy (non-hydrogen) atoms. The maximum Gasteiger partial charge on any atom is 0.132 e. The monoisotopic (exact) mass is 284 g/mol. The molecule has 4 heteroatoms. The molecular weight excluding hydrogens is 267 g/mol. The summed E-state index contributed by atoms with van der Waals surface area (Å²) in [6.07, 6.45) is 0. The zero-order valence-electron chi connectivity index (χ0n) is 12.1. The molecule has 2 aromatic rings. The maximum atomic E-state index is 13.5. The first-order chi connectivity index (χ1) is 10.1. The Labute approximate surface area is 124 Å². The summed E-state index contributed by atoms with van der Waals surface area (Å²) in [6, 6.07) is 13.4. The van der Waals surface area contributed by atoms with Crippen LogP contribution in [0.15, 0.2) is 42.5 Å². The van der Waals surface area contributed by atoms with Crippen LogP contribution in [0.4, 0.5) is 4.39 Å². The van der Waals surface area contributed by atoms with Gasteiger partial charge in [-0.2, -0.15) is 5.26 Å². The predicted octanol–water partition coefficient (Wildman–Crippen LogP) is 4.16. The van der Waals surface area contributed by atoms with E-state index in [4.69, 9.17) is 10.00 Å². The van der Waals surface area contributed by atoms with Crippen molar-refractivity contribution in [1.29, 1.82) is 5.26 Å². The summed E-state index contributed by atoms with van der Waals surface area (Å²) in [5.74, 6) is 0.846. The molecule has 0 spiro atoms. The molecule has 0 saturated carbocycles. The molecule has 0 heterocycles. The third-order valence-electron chi connectivity index (χ3n) is 3.14. The normalized spacial score (nSPS) is 11.7. The molecule has 0 aliphatic rings. The van der Waals surface area contributed by atoms with Crippen molar-refractivity contribution >= 4 is 0 Å². The van der Waals surface area contributed by atoms with Gasteiger partial charge in [-0.25, -0.2) is 4.39 Å². The van der Waals surface area contributed by atoms with Crippen molar-refractivity contribution in [2.75, 3.05) is 6.54 Å². The molecule has 0 bridgehead atoms. The van der Waals surface area contributed by atoms with Crippen molar-refractivity contribution in [3.8, 4) is 17.6 Å². The van der Waals surface area contributed by atoms with Crippen LogP contribution >= 0.6 is 0 Å². The third-order valence-corrected chi connectivity index (χ3v) is 3.14. The van der Waals surface area contributed by atoms with Gasteiger partial charge in [0, 0.05) is 11.6 Å². The molecule has 0 aliphatic carbocycles. The Morgan fingerprint density at radius 3 is 2.81 bits per heavy atom. The molecule has 0 saturated heterocycles. The number of halogens is 1. The smallest absolute Gasteiger partial charge is 0.132 e. The molecule has 1 N–H and O–H groups in total. The van der Waals surface area contributed by atoms with E-state index >= 15 is 0 Å². The fourth-order valence-electron chi connectivity index (χ4n) is 2.12. The van der Waals surface area contributed by atoms with Gasteiger partial charge in [0.1, 0.15) is 17.3 Å². The van der Waals surface area contributed by atoms with Crippen molar-refractivity contribution in [3.63, 3.8) is 0 Å². The van der Waals surface area contributed by atoms with E-state index in [1.165, 1.54) is 12.1 Å². The van der Waals surface area contributed by atoms with E-state index < -0.39 is 0 Å². The summed E-state index contributed by atoms with van der Waals surface area (Å²) in [5, 5.41) is 12.2. The molecule has 0 fully saturated rings. The van der Waals surface area contributed by atoms with Crippen LogP contribution < -0.4 is 10.1 Å². The van der Waals surface area contributed by atoms with E-state index in [2.05, 4.69) is 11.4 Å². The largest absolute Gasteiger partial charge is 0.457 e. The van der Waals surface area contributed by atoms with Crippen molar-refractivity contribution in [3.05, 3.63) is 59.4 Å². The molecule has 0 amide bonds. The van der Waals surface area contributed by atoms with Gasteiger partial charge in [-0.3, -0.25) is 0 Å². The molecule has 2 rings (SSSR count). The van der Waals surface area contributed by atoms with E-state index in [1.807, 2.05) is 13.8 Å². The quantitative estimate of drug-likeness (QED) is 0.896. The van der Waals surface area contributed by atoms with Crippen molar-refractivity contribution in [1.82, 2.24) is 5.32 Å². The highest BCUT2D eigenvalue weighted by Gasteiger charge is 2.13. The Balaban J connectivity index is 2.32. The number of ether oxygens (including phenoxy) is 1. The van der Waals surface area contributed by atoms with Crippen LogP contribution in [0.1, 0.15) is 31.0 Å². The molecule has 3 nitrogen and oxygen atoms in total. The summed E-state index contributed by atoms with van der Waals surface area (Å²) < 4.78 is 19.3. The molecule has 0 aliphatic heterocycles. The average molecular weight is 284 g/mol. The molecule has 0 aromatic heterocycles. The fourth-order valence-corrected chi connectivity index (χ4v) is 2.12. The number of nitrogens with one attached hydrogen (secondary N) is 1. The molecule has 1 atom stereocenters. The van der Waals surface area contributed by atoms with Gasteiger partial charge in [-0.05, 0) is 49.9 Å². The van der Waals surface area contributed by atoms with Crippen LogP contribution in [0, 0.1) is 17.1 Å². The Hall–Kier alpha value is -2.38. The number of rotatable bonds is 5. The zero-order valence-corrected chi connectivity index (χ0v) is 12.1. The van der Waals surface area contributed by atoms with Gasteiger partial charge in [0.05, 0.1) is 11.6 Å². The first-order valence-electron chi connectivity index (χ1n) is 6.85. The van der Waals surface area contributed by atoms with E-state index in [-0.39, 0.29) is 11.9 Å². The molecule has 0 radical (unpaired) electrons. The Morgan fingerprint density at radius 2 is 2.10 bits per heavy atom. The minimum atomic E-state index is -0.298. The molecular formula is C17H17FN2O. The van der Waals surface area contributed by atoms with Gasteiger partial charge in [0.25, 0.3) is 0 Å². The summed E-state index contributed by atoms with van der Waals surface area (Å²) in [7, 11) is 0. The topological polar surface area (TPSA) is 45.0 Å². The van der Waals surface area contributed by atoms with E-state index in [9.17, 15) is 4.39 Å². The molecule has 108 valence electrons. The van der Waals surface area contributed by atoms with Crippen LogP contribution in [0.5, 0.6) is 11.5 Å². The highest BCUT2D eigenvalue weighted by atomic mass is 19.1. The van der Waals surface area contributed by atoms with Crippen molar-refractivity contribution < 1.29 is 9.13 Å². The third kappa shape index (κ3) is 3.80. The lowest BCUT2D eigenvalue weighted by atomic mass is 10.1. The Morgan fingerprint density at radius 1 is 1.29 bits per heavy atom. The van der Waals surface area contributed by atoms with Gasteiger partial charge in [-0.1, -0.05) is 13.0 Å². The van der Waals surface area contributed by atoms with Gasteiger partial charge < -0.3 is 10.1 Å². The Kier molecular flexibility index (Phi) is 4.91. The maximum absolute atomic E-state index is 13.5. The molecule has 1 unspecified atom stereocenters. The van der Waals surface area contributed by atoms with E-state index in [0.717, 1.165) is 12.1 Å². The van der Waals surface area contributed by atoms with E-state index in [0.29, 0.717) is 17.1 Å². The fraction of sp³-hybridized carbons (Fsp3) is 0.235. The predicted molar refractivity (Wildman–Crippen MR) is 79.7 cm³/mol. The SMILES string of the molecule is CCNC(C)c1cc(F)ccc1Oc1cccc(C#N)c1. The average Bonchev–Trinajstić information content (AvgIpc) is 2.49. The van der Waals surface area contributed by atoms with Crippen molar-refractivity contribution in [2.45, 2.75) is 19.9 Å². The van der Waals surface area contributed by atoms with Crippen LogP contribution in [-0.4, -0.2) is 6.54 Å².